The number of carbonyl (C=O) groups excluding carboxylic acids is 1. The van der Waals surface area contributed by atoms with Gasteiger partial charge in [-0.25, -0.2) is 4.98 Å². The first-order valence-corrected chi connectivity index (χ1v) is 6.14. The van der Waals surface area contributed by atoms with Crippen LogP contribution >= 0.6 is 0 Å². The molecular weight excluding hydrogens is 242 g/mol. The average Bonchev–Trinajstić information content (AvgIpc) is 2.85. The average molecular weight is 257 g/mol. The van der Waals surface area contributed by atoms with Gasteiger partial charge in [-0.15, -0.1) is 0 Å². The zero-order valence-corrected chi connectivity index (χ0v) is 10.9. The fraction of sp³-hybridized carbons (Fsp3) is 0.308. The molecule has 0 bridgehead atoms. The van der Waals surface area contributed by atoms with E-state index in [1.807, 2.05) is 19.2 Å². The molecular formula is C13H15N5O. The quantitative estimate of drug-likeness (QED) is 0.762. The second-order valence-corrected chi connectivity index (χ2v) is 4.56. The Balaban J connectivity index is 2.01. The molecule has 0 N–H and O–H groups in total. The summed E-state index contributed by atoms with van der Waals surface area (Å²) in [6.07, 6.45) is 3.38. The second-order valence-electron chi connectivity index (χ2n) is 4.56. The van der Waals surface area contributed by atoms with Gasteiger partial charge in [0, 0.05) is 39.6 Å². The van der Waals surface area contributed by atoms with E-state index in [1.54, 1.807) is 35.1 Å². The molecule has 1 aliphatic heterocycles. The molecule has 0 aromatic carbocycles. The zero-order chi connectivity index (χ0) is 13.4. The SMILES string of the molecule is CN1CCN(C(=O)c2ccnn2C)c2cccnc21. The summed E-state index contributed by atoms with van der Waals surface area (Å²) < 4.78 is 1.59. The summed E-state index contributed by atoms with van der Waals surface area (Å²) in [5, 5.41) is 4.05. The Kier molecular flexibility index (Phi) is 2.70. The van der Waals surface area contributed by atoms with Gasteiger partial charge in [0.1, 0.15) is 5.69 Å². The van der Waals surface area contributed by atoms with E-state index in [1.165, 1.54) is 0 Å². The van der Waals surface area contributed by atoms with E-state index in [0.29, 0.717) is 12.2 Å². The molecule has 1 aliphatic rings. The zero-order valence-electron chi connectivity index (χ0n) is 10.9. The number of pyridine rings is 1. The number of amides is 1. The minimum absolute atomic E-state index is 0.0395. The van der Waals surface area contributed by atoms with E-state index < -0.39 is 0 Å². The van der Waals surface area contributed by atoms with E-state index in [2.05, 4.69) is 15.0 Å². The number of hydrogen-bond acceptors (Lipinski definition) is 4. The second kappa shape index (κ2) is 4.38. The van der Waals surface area contributed by atoms with Crippen molar-refractivity contribution < 1.29 is 4.79 Å². The van der Waals surface area contributed by atoms with Crippen LogP contribution in [0.15, 0.2) is 30.6 Å². The summed E-state index contributed by atoms with van der Waals surface area (Å²) in [6, 6.07) is 5.50. The summed E-state index contributed by atoms with van der Waals surface area (Å²) in [4.78, 5) is 20.7. The number of hydrogen-bond donors (Lipinski definition) is 0. The molecule has 3 rings (SSSR count). The van der Waals surface area contributed by atoms with Gasteiger partial charge in [-0.2, -0.15) is 5.10 Å². The lowest BCUT2D eigenvalue weighted by molar-refractivity contribution is 0.0977. The molecule has 1 amide bonds. The van der Waals surface area contributed by atoms with E-state index in [-0.39, 0.29) is 5.91 Å². The first kappa shape index (κ1) is 11.7. The summed E-state index contributed by atoms with van der Waals surface area (Å²) in [5.74, 6) is 0.798. The fourth-order valence-corrected chi connectivity index (χ4v) is 2.30. The van der Waals surface area contributed by atoms with Crippen LogP contribution in [0.4, 0.5) is 11.5 Å². The molecule has 98 valence electrons. The number of rotatable bonds is 1. The van der Waals surface area contributed by atoms with Crippen molar-refractivity contribution in [1.29, 1.82) is 0 Å². The lowest BCUT2D eigenvalue weighted by atomic mass is 10.2. The van der Waals surface area contributed by atoms with Gasteiger partial charge in [0.05, 0.1) is 5.69 Å². The van der Waals surface area contributed by atoms with Crippen LogP contribution in [0, 0.1) is 0 Å². The Morgan fingerprint density at radius 2 is 2.05 bits per heavy atom. The predicted molar refractivity (Wildman–Crippen MR) is 72.4 cm³/mol. The van der Waals surface area contributed by atoms with Crippen LogP contribution in [-0.2, 0) is 7.05 Å². The maximum absolute atomic E-state index is 12.6. The van der Waals surface area contributed by atoms with Gasteiger partial charge in [0.25, 0.3) is 5.91 Å². The molecule has 0 atom stereocenters. The van der Waals surface area contributed by atoms with Crippen LogP contribution in [0.2, 0.25) is 0 Å². The monoisotopic (exact) mass is 257 g/mol. The molecule has 3 heterocycles. The highest BCUT2D eigenvalue weighted by atomic mass is 16.2. The Bertz CT molecular complexity index is 621. The standard InChI is InChI=1S/C13H15N5O/c1-16-8-9-18(10-4-3-6-14-12(10)16)13(19)11-5-7-15-17(11)2/h3-7H,8-9H2,1-2H3. The number of aryl methyl sites for hydroxylation is 1. The normalized spacial score (nSPS) is 14.4. The van der Waals surface area contributed by atoms with Crippen LogP contribution < -0.4 is 9.80 Å². The van der Waals surface area contributed by atoms with Gasteiger partial charge in [-0.1, -0.05) is 0 Å². The molecule has 0 unspecified atom stereocenters. The van der Waals surface area contributed by atoms with Crippen LogP contribution in [0.25, 0.3) is 0 Å². The maximum atomic E-state index is 12.6. The molecule has 6 nitrogen and oxygen atoms in total. The van der Waals surface area contributed by atoms with E-state index >= 15 is 0 Å². The third-order valence-electron chi connectivity index (χ3n) is 3.36. The van der Waals surface area contributed by atoms with Crippen molar-refractivity contribution in [1.82, 2.24) is 14.8 Å². The minimum atomic E-state index is -0.0395. The molecule has 2 aromatic rings. The predicted octanol–water partition coefficient (Wildman–Crippen LogP) is 0.912. The summed E-state index contributed by atoms with van der Waals surface area (Å²) in [5.41, 5.74) is 1.43. The van der Waals surface area contributed by atoms with E-state index in [4.69, 9.17) is 0 Å². The third-order valence-corrected chi connectivity index (χ3v) is 3.36. The van der Waals surface area contributed by atoms with Crippen LogP contribution in [0.3, 0.4) is 0 Å². The number of fused-ring (bicyclic) bond motifs is 1. The Labute approximate surface area is 111 Å². The van der Waals surface area contributed by atoms with Crippen molar-refractivity contribution in [3.05, 3.63) is 36.3 Å². The van der Waals surface area contributed by atoms with Gasteiger partial charge >= 0.3 is 0 Å². The van der Waals surface area contributed by atoms with Gasteiger partial charge in [-0.3, -0.25) is 9.48 Å². The lowest BCUT2D eigenvalue weighted by Crippen LogP contribution is -2.43. The van der Waals surface area contributed by atoms with Crippen molar-refractivity contribution in [3.63, 3.8) is 0 Å². The molecule has 2 aromatic heterocycles. The number of anilines is 2. The van der Waals surface area contributed by atoms with Crippen LogP contribution in [0.5, 0.6) is 0 Å². The molecule has 19 heavy (non-hydrogen) atoms. The lowest BCUT2D eigenvalue weighted by Gasteiger charge is -2.34. The number of aromatic nitrogens is 3. The largest absolute Gasteiger partial charge is 0.356 e. The van der Waals surface area contributed by atoms with Gasteiger partial charge in [-0.05, 0) is 18.2 Å². The highest BCUT2D eigenvalue weighted by molar-refractivity contribution is 6.06. The van der Waals surface area contributed by atoms with E-state index in [9.17, 15) is 4.79 Å². The van der Waals surface area contributed by atoms with Crippen molar-refractivity contribution in [2.75, 3.05) is 29.9 Å². The Morgan fingerprint density at radius 3 is 2.79 bits per heavy atom. The minimum Gasteiger partial charge on any atom is -0.356 e. The molecule has 0 radical (unpaired) electrons. The number of nitrogens with zero attached hydrogens (tertiary/aromatic N) is 5. The van der Waals surface area contributed by atoms with Crippen molar-refractivity contribution in [3.8, 4) is 0 Å². The van der Waals surface area contributed by atoms with Gasteiger partial charge in [0.2, 0.25) is 0 Å². The van der Waals surface area contributed by atoms with Crippen LogP contribution in [0.1, 0.15) is 10.5 Å². The highest BCUT2D eigenvalue weighted by Gasteiger charge is 2.27. The summed E-state index contributed by atoms with van der Waals surface area (Å²) in [7, 11) is 3.76. The van der Waals surface area contributed by atoms with Gasteiger partial charge < -0.3 is 9.80 Å². The maximum Gasteiger partial charge on any atom is 0.276 e. The molecule has 6 heteroatoms. The van der Waals surface area contributed by atoms with Crippen molar-refractivity contribution >= 4 is 17.4 Å². The molecule has 0 saturated carbocycles. The molecule has 0 saturated heterocycles. The van der Waals surface area contributed by atoms with E-state index in [0.717, 1.165) is 18.1 Å². The number of carbonyl (C=O) groups is 1. The number of likely N-dealkylation sites (N-methyl/N-ethyl adjacent to an activating group) is 1. The highest BCUT2D eigenvalue weighted by Crippen LogP contribution is 2.30. The smallest absolute Gasteiger partial charge is 0.276 e. The molecule has 0 spiro atoms. The Morgan fingerprint density at radius 1 is 1.21 bits per heavy atom. The van der Waals surface area contributed by atoms with Crippen LogP contribution in [-0.4, -0.2) is 40.8 Å². The first-order chi connectivity index (χ1) is 9.18. The van der Waals surface area contributed by atoms with Crippen molar-refractivity contribution in [2.45, 2.75) is 0 Å². The third kappa shape index (κ3) is 1.85. The fourth-order valence-electron chi connectivity index (χ4n) is 2.30. The topological polar surface area (TPSA) is 54.3 Å². The first-order valence-electron chi connectivity index (χ1n) is 6.14. The summed E-state index contributed by atoms with van der Waals surface area (Å²) >= 11 is 0. The summed E-state index contributed by atoms with van der Waals surface area (Å²) in [6.45, 7) is 1.42. The van der Waals surface area contributed by atoms with Crippen molar-refractivity contribution in [2.24, 2.45) is 7.05 Å². The van der Waals surface area contributed by atoms with Gasteiger partial charge in [0.15, 0.2) is 5.82 Å². The molecule has 0 fully saturated rings. The Hall–Kier alpha value is -2.37. The molecule has 0 aliphatic carbocycles.